The molecule has 0 radical (unpaired) electrons. The third-order valence-corrected chi connectivity index (χ3v) is 8.94. The molecule has 1 amide bonds. The molecule has 11 heteroatoms. The van der Waals surface area contributed by atoms with Crippen molar-refractivity contribution in [1.29, 1.82) is 0 Å². The normalized spacial score (nSPS) is 12.1. The van der Waals surface area contributed by atoms with Crippen molar-refractivity contribution in [2.75, 3.05) is 10.0 Å². The van der Waals surface area contributed by atoms with Crippen LogP contribution in [0, 0.1) is 13.8 Å². The maximum absolute atomic E-state index is 13.2. The highest BCUT2D eigenvalue weighted by Gasteiger charge is 2.23. The maximum Gasteiger partial charge on any atom is 0.264 e. The number of thioether (sulfide) groups is 1. The van der Waals surface area contributed by atoms with Crippen LogP contribution in [0.2, 0.25) is 0 Å². The highest BCUT2D eigenvalue weighted by atomic mass is 32.2. The number of nitrogens with one attached hydrogen (secondary N) is 3. The van der Waals surface area contributed by atoms with Crippen LogP contribution < -0.4 is 10.0 Å². The monoisotopic (exact) mass is 598 g/mol. The quantitative estimate of drug-likeness (QED) is 0.157. The van der Waals surface area contributed by atoms with E-state index in [-0.39, 0.29) is 16.8 Å². The van der Waals surface area contributed by atoms with E-state index in [2.05, 4.69) is 25.0 Å². The number of anilines is 2. The number of benzene rings is 3. The topological polar surface area (TPSA) is 130 Å². The summed E-state index contributed by atoms with van der Waals surface area (Å²) in [5.41, 5.74) is 5.47. The molecule has 42 heavy (non-hydrogen) atoms. The Labute approximate surface area is 249 Å². The average Bonchev–Trinajstić information content (AvgIpc) is 3.40. The van der Waals surface area contributed by atoms with Gasteiger partial charge in [-0.2, -0.15) is 0 Å². The molecule has 1 atom stereocenters. The fourth-order valence-electron chi connectivity index (χ4n) is 4.37. The van der Waals surface area contributed by atoms with Crippen LogP contribution in [-0.4, -0.2) is 39.5 Å². The second-order valence-electron chi connectivity index (χ2n) is 9.61. The van der Waals surface area contributed by atoms with Crippen LogP contribution in [0.4, 0.5) is 11.6 Å². The van der Waals surface area contributed by atoms with Crippen molar-refractivity contribution < 1.29 is 13.2 Å². The van der Waals surface area contributed by atoms with E-state index < -0.39 is 15.3 Å². The number of aromatic nitrogens is 4. The molecule has 0 spiro atoms. The molecule has 0 aliphatic rings. The van der Waals surface area contributed by atoms with Crippen molar-refractivity contribution in [3.63, 3.8) is 0 Å². The summed E-state index contributed by atoms with van der Waals surface area (Å²) < 4.78 is 28.1. The summed E-state index contributed by atoms with van der Waals surface area (Å²) in [4.78, 5) is 29.8. The number of sulfonamides is 1. The first-order valence-electron chi connectivity index (χ1n) is 13.4. The van der Waals surface area contributed by atoms with Crippen LogP contribution in [0.15, 0.2) is 101 Å². The Bertz CT molecular complexity index is 1710. The number of H-pyrrole nitrogens is 1. The fourth-order valence-corrected chi connectivity index (χ4v) is 6.22. The minimum Gasteiger partial charge on any atom is -0.332 e. The summed E-state index contributed by atoms with van der Waals surface area (Å²) in [6, 6.07) is 27.6. The fraction of sp³-hybridized carbons (Fsp3) is 0.161. The van der Waals surface area contributed by atoms with Crippen molar-refractivity contribution in [1.82, 2.24) is 19.9 Å². The molecule has 0 saturated carbocycles. The Hall–Kier alpha value is -4.48. The molecule has 2 heterocycles. The molecule has 3 N–H and O–H groups in total. The standard InChI is InChI=1S/C31H30N6O3S2/c1-4-26(41-31-35-27(22-11-7-5-8-12-22)28(36-31)23-13-9-6-10-14-23)29(38)34-24-15-17-25(18-16-24)42(39,40)37-30-32-20(2)19-21(3)33-30/h5-19,26H,4H2,1-3H3,(H,34,38)(H,35,36)(H,32,33,37). The summed E-state index contributed by atoms with van der Waals surface area (Å²) in [5.74, 6) is -0.199. The molecule has 214 valence electrons. The number of carbonyl (C=O) groups excluding carboxylic acids is 1. The molecule has 0 fully saturated rings. The molecular formula is C31H30N6O3S2. The zero-order valence-electron chi connectivity index (χ0n) is 23.3. The minimum atomic E-state index is -3.91. The number of hydrogen-bond donors (Lipinski definition) is 3. The van der Waals surface area contributed by atoms with Crippen LogP contribution in [0.1, 0.15) is 24.7 Å². The van der Waals surface area contributed by atoms with Crippen molar-refractivity contribution in [2.45, 2.75) is 42.5 Å². The lowest BCUT2D eigenvalue weighted by atomic mass is 10.1. The predicted octanol–water partition coefficient (Wildman–Crippen LogP) is 6.46. The van der Waals surface area contributed by atoms with Gasteiger partial charge in [0.15, 0.2) is 5.16 Å². The van der Waals surface area contributed by atoms with Crippen LogP contribution in [0.3, 0.4) is 0 Å². The zero-order chi connectivity index (χ0) is 29.7. The molecule has 5 aromatic rings. The Morgan fingerprint density at radius 2 is 1.45 bits per heavy atom. The van der Waals surface area contributed by atoms with Gasteiger partial charge in [0.05, 0.1) is 21.5 Å². The predicted molar refractivity (Wildman–Crippen MR) is 167 cm³/mol. The smallest absolute Gasteiger partial charge is 0.264 e. The SMILES string of the molecule is CCC(Sc1nc(-c2ccccc2)c(-c2ccccc2)[nH]1)C(=O)Nc1ccc(S(=O)(=O)Nc2nc(C)cc(C)n2)cc1. The summed E-state index contributed by atoms with van der Waals surface area (Å²) >= 11 is 1.35. The number of aromatic amines is 1. The van der Waals surface area contributed by atoms with Gasteiger partial charge in [-0.15, -0.1) is 0 Å². The van der Waals surface area contributed by atoms with E-state index in [1.165, 1.54) is 23.9 Å². The summed E-state index contributed by atoms with van der Waals surface area (Å²) in [7, 11) is -3.91. The highest BCUT2D eigenvalue weighted by molar-refractivity contribution is 8.00. The number of hydrogen-bond acceptors (Lipinski definition) is 7. The Kier molecular flexibility index (Phi) is 8.69. The van der Waals surface area contributed by atoms with E-state index >= 15 is 0 Å². The lowest BCUT2D eigenvalue weighted by Crippen LogP contribution is -2.24. The van der Waals surface area contributed by atoms with Crippen molar-refractivity contribution in [3.8, 4) is 22.5 Å². The second kappa shape index (κ2) is 12.6. The molecule has 0 bridgehead atoms. The number of carbonyl (C=O) groups is 1. The first kappa shape index (κ1) is 29.0. The third kappa shape index (κ3) is 6.87. The second-order valence-corrected chi connectivity index (χ2v) is 12.5. The third-order valence-electron chi connectivity index (χ3n) is 6.35. The minimum absolute atomic E-state index is 0.0106. The van der Waals surface area contributed by atoms with E-state index in [4.69, 9.17) is 4.98 Å². The van der Waals surface area contributed by atoms with Gasteiger partial charge in [0, 0.05) is 28.2 Å². The van der Waals surface area contributed by atoms with Crippen molar-refractivity contribution in [2.24, 2.45) is 0 Å². The first-order chi connectivity index (χ1) is 20.2. The van der Waals surface area contributed by atoms with Crippen LogP contribution >= 0.6 is 11.8 Å². The maximum atomic E-state index is 13.2. The summed E-state index contributed by atoms with van der Waals surface area (Å²) in [5, 5.41) is 3.10. The van der Waals surface area contributed by atoms with E-state index in [0.717, 1.165) is 22.5 Å². The van der Waals surface area contributed by atoms with Crippen LogP contribution in [0.5, 0.6) is 0 Å². The van der Waals surface area contributed by atoms with Crippen LogP contribution in [0.25, 0.3) is 22.5 Å². The molecule has 3 aromatic carbocycles. The zero-order valence-corrected chi connectivity index (χ0v) is 25.0. The van der Waals surface area contributed by atoms with E-state index in [1.54, 1.807) is 32.0 Å². The number of imidazole rings is 1. The van der Waals surface area contributed by atoms with Crippen LogP contribution in [-0.2, 0) is 14.8 Å². The van der Waals surface area contributed by atoms with Gasteiger partial charge in [-0.1, -0.05) is 79.3 Å². The van der Waals surface area contributed by atoms with Crippen molar-refractivity contribution in [3.05, 3.63) is 102 Å². The molecular weight excluding hydrogens is 569 g/mol. The van der Waals surface area contributed by atoms with E-state index in [1.807, 2.05) is 67.6 Å². The number of rotatable bonds is 10. The first-order valence-corrected chi connectivity index (χ1v) is 15.7. The lowest BCUT2D eigenvalue weighted by molar-refractivity contribution is -0.115. The van der Waals surface area contributed by atoms with E-state index in [0.29, 0.717) is 28.7 Å². The van der Waals surface area contributed by atoms with Gasteiger partial charge >= 0.3 is 0 Å². The van der Waals surface area contributed by atoms with Gasteiger partial charge < -0.3 is 10.3 Å². The summed E-state index contributed by atoms with van der Waals surface area (Å²) in [6.45, 7) is 5.47. The molecule has 9 nitrogen and oxygen atoms in total. The largest absolute Gasteiger partial charge is 0.332 e. The van der Waals surface area contributed by atoms with Gasteiger partial charge in [0.2, 0.25) is 11.9 Å². The Balaban J connectivity index is 1.30. The number of aryl methyl sites for hydroxylation is 2. The Morgan fingerprint density at radius 3 is 2.05 bits per heavy atom. The van der Waals surface area contributed by atoms with Gasteiger partial charge in [-0.3, -0.25) is 4.79 Å². The molecule has 0 aliphatic carbocycles. The number of nitrogens with zero attached hydrogens (tertiary/aromatic N) is 3. The highest BCUT2D eigenvalue weighted by Crippen LogP contribution is 2.34. The average molecular weight is 599 g/mol. The molecule has 0 aliphatic heterocycles. The Morgan fingerprint density at radius 1 is 0.857 bits per heavy atom. The molecule has 1 unspecified atom stereocenters. The van der Waals surface area contributed by atoms with Crippen molar-refractivity contribution >= 4 is 39.3 Å². The molecule has 2 aromatic heterocycles. The summed E-state index contributed by atoms with van der Waals surface area (Å²) in [6.07, 6.45) is 0.560. The van der Waals surface area contributed by atoms with Gasteiger partial charge in [-0.25, -0.2) is 28.1 Å². The van der Waals surface area contributed by atoms with E-state index in [9.17, 15) is 13.2 Å². The molecule has 0 saturated heterocycles. The van der Waals surface area contributed by atoms with Gasteiger partial charge in [0.25, 0.3) is 10.0 Å². The molecule has 5 rings (SSSR count). The van der Waals surface area contributed by atoms with Gasteiger partial charge in [0.1, 0.15) is 0 Å². The number of amides is 1. The lowest BCUT2D eigenvalue weighted by Gasteiger charge is -2.14. The van der Waals surface area contributed by atoms with Gasteiger partial charge in [-0.05, 0) is 50.6 Å².